The summed E-state index contributed by atoms with van der Waals surface area (Å²) in [5.74, 6) is 0.726. The van der Waals surface area contributed by atoms with Gasteiger partial charge in [-0.3, -0.25) is 4.79 Å². The van der Waals surface area contributed by atoms with E-state index in [9.17, 15) is 4.79 Å². The van der Waals surface area contributed by atoms with Crippen LogP contribution in [0.1, 0.15) is 18.4 Å². The van der Waals surface area contributed by atoms with Crippen LogP contribution in [0.3, 0.4) is 0 Å². The van der Waals surface area contributed by atoms with Crippen molar-refractivity contribution in [3.05, 3.63) is 46.2 Å². The summed E-state index contributed by atoms with van der Waals surface area (Å²) in [5, 5.41) is 1.16. The molecule has 0 N–H and O–H groups in total. The van der Waals surface area contributed by atoms with Crippen LogP contribution in [0, 0.1) is 12.8 Å². The fourth-order valence-corrected chi connectivity index (χ4v) is 2.15. The Balaban J connectivity index is 2.24. The number of rotatable bonds is 2. The summed E-state index contributed by atoms with van der Waals surface area (Å²) in [6, 6.07) is 9.89. The lowest BCUT2D eigenvalue weighted by atomic mass is 10.1. The minimum Gasteiger partial charge on any atom is -0.308 e. The minimum atomic E-state index is 0.130. The molecule has 0 saturated heterocycles. The van der Waals surface area contributed by atoms with Crippen molar-refractivity contribution in [1.82, 2.24) is 4.57 Å². The number of fused-ring (bicyclic) bond motifs is 1. The molecule has 3 rings (SSSR count). The highest BCUT2D eigenvalue weighted by Crippen LogP contribution is 2.31. The molecule has 1 aliphatic rings. The average molecular weight is 213 g/mol. The number of pyridine rings is 1. The van der Waals surface area contributed by atoms with E-state index in [2.05, 4.69) is 25.1 Å². The van der Waals surface area contributed by atoms with E-state index in [1.54, 1.807) is 6.07 Å². The normalized spacial score (nSPS) is 15.6. The van der Waals surface area contributed by atoms with Gasteiger partial charge in [-0.1, -0.05) is 12.1 Å². The molecule has 1 heterocycles. The zero-order valence-corrected chi connectivity index (χ0v) is 9.44. The van der Waals surface area contributed by atoms with Gasteiger partial charge in [-0.25, -0.2) is 0 Å². The predicted octanol–water partition coefficient (Wildman–Crippen LogP) is 2.72. The van der Waals surface area contributed by atoms with Crippen LogP contribution in [0.4, 0.5) is 0 Å². The van der Waals surface area contributed by atoms with Crippen LogP contribution in [-0.2, 0) is 6.54 Å². The van der Waals surface area contributed by atoms with Crippen molar-refractivity contribution in [3.8, 4) is 0 Å². The van der Waals surface area contributed by atoms with Gasteiger partial charge in [0, 0.05) is 12.6 Å². The SMILES string of the molecule is Cc1ccc2ccc(=O)n(CC3CC3)c2c1. The third kappa shape index (κ3) is 1.64. The molecule has 1 aliphatic carbocycles. The number of aromatic nitrogens is 1. The molecule has 1 saturated carbocycles. The molecular weight excluding hydrogens is 198 g/mol. The summed E-state index contributed by atoms with van der Waals surface area (Å²) >= 11 is 0. The van der Waals surface area contributed by atoms with Gasteiger partial charge in [0.05, 0.1) is 5.52 Å². The zero-order chi connectivity index (χ0) is 11.1. The van der Waals surface area contributed by atoms with Crippen molar-refractivity contribution < 1.29 is 0 Å². The Morgan fingerprint density at radius 3 is 2.75 bits per heavy atom. The van der Waals surface area contributed by atoms with Crippen LogP contribution in [-0.4, -0.2) is 4.57 Å². The van der Waals surface area contributed by atoms with Gasteiger partial charge in [0.2, 0.25) is 0 Å². The molecule has 0 spiro atoms. The van der Waals surface area contributed by atoms with Crippen molar-refractivity contribution >= 4 is 10.9 Å². The van der Waals surface area contributed by atoms with Gasteiger partial charge in [-0.05, 0) is 48.8 Å². The molecule has 2 aromatic rings. The first-order valence-corrected chi connectivity index (χ1v) is 5.84. The predicted molar refractivity (Wildman–Crippen MR) is 65.7 cm³/mol. The van der Waals surface area contributed by atoms with E-state index in [1.165, 1.54) is 18.4 Å². The molecular formula is C14H15NO. The second kappa shape index (κ2) is 3.48. The standard InChI is InChI=1S/C14H15NO/c1-10-2-5-12-6-7-14(16)15(13(12)8-10)9-11-3-4-11/h2,5-8,11H,3-4,9H2,1H3. The van der Waals surface area contributed by atoms with E-state index >= 15 is 0 Å². The van der Waals surface area contributed by atoms with Crippen LogP contribution < -0.4 is 5.56 Å². The molecule has 0 amide bonds. The van der Waals surface area contributed by atoms with Crippen molar-refractivity contribution in [2.24, 2.45) is 5.92 Å². The van der Waals surface area contributed by atoms with E-state index in [-0.39, 0.29) is 5.56 Å². The number of hydrogen-bond donors (Lipinski definition) is 0. The average Bonchev–Trinajstić information content (AvgIpc) is 3.06. The van der Waals surface area contributed by atoms with Gasteiger partial charge >= 0.3 is 0 Å². The van der Waals surface area contributed by atoms with E-state index in [0.717, 1.165) is 23.4 Å². The Kier molecular flexibility index (Phi) is 2.10. The molecule has 0 atom stereocenters. The maximum atomic E-state index is 11.9. The minimum absolute atomic E-state index is 0.130. The first-order valence-electron chi connectivity index (χ1n) is 5.84. The third-order valence-corrected chi connectivity index (χ3v) is 3.29. The molecule has 0 bridgehead atoms. The lowest BCUT2D eigenvalue weighted by molar-refractivity contribution is 0.627. The number of benzene rings is 1. The fourth-order valence-electron chi connectivity index (χ4n) is 2.15. The second-order valence-electron chi connectivity index (χ2n) is 4.79. The fraction of sp³-hybridized carbons (Fsp3) is 0.357. The topological polar surface area (TPSA) is 22.0 Å². The molecule has 2 heteroatoms. The number of nitrogens with zero attached hydrogens (tertiary/aromatic N) is 1. The summed E-state index contributed by atoms with van der Waals surface area (Å²) in [5.41, 5.74) is 2.42. The maximum Gasteiger partial charge on any atom is 0.251 e. The smallest absolute Gasteiger partial charge is 0.251 e. The van der Waals surface area contributed by atoms with Crippen molar-refractivity contribution in [2.45, 2.75) is 26.3 Å². The summed E-state index contributed by atoms with van der Waals surface area (Å²) in [6.45, 7) is 2.96. The zero-order valence-electron chi connectivity index (χ0n) is 9.44. The van der Waals surface area contributed by atoms with Crippen LogP contribution in [0.25, 0.3) is 10.9 Å². The lowest BCUT2D eigenvalue weighted by Gasteiger charge is -2.09. The lowest BCUT2D eigenvalue weighted by Crippen LogP contribution is -2.20. The first-order chi connectivity index (χ1) is 7.74. The quantitative estimate of drug-likeness (QED) is 0.751. The summed E-state index contributed by atoms with van der Waals surface area (Å²) < 4.78 is 1.93. The van der Waals surface area contributed by atoms with Crippen LogP contribution in [0.5, 0.6) is 0 Å². The van der Waals surface area contributed by atoms with Gasteiger partial charge in [0.1, 0.15) is 0 Å². The summed E-state index contributed by atoms with van der Waals surface area (Å²) in [7, 11) is 0. The van der Waals surface area contributed by atoms with E-state index in [0.29, 0.717) is 0 Å². The largest absolute Gasteiger partial charge is 0.308 e. The van der Waals surface area contributed by atoms with Gasteiger partial charge < -0.3 is 4.57 Å². The molecule has 0 aliphatic heterocycles. The highest BCUT2D eigenvalue weighted by atomic mass is 16.1. The molecule has 1 aromatic carbocycles. The highest BCUT2D eigenvalue weighted by Gasteiger charge is 2.22. The Labute approximate surface area is 94.5 Å². The first kappa shape index (κ1) is 9.64. The van der Waals surface area contributed by atoms with Crippen molar-refractivity contribution in [3.63, 3.8) is 0 Å². The Morgan fingerprint density at radius 2 is 2.00 bits per heavy atom. The van der Waals surface area contributed by atoms with Crippen LogP contribution in [0.2, 0.25) is 0 Å². The highest BCUT2D eigenvalue weighted by molar-refractivity contribution is 5.79. The van der Waals surface area contributed by atoms with E-state index in [4.69, 9.17) is 0 Å². The van der Waals surface area contributed by atoms with Gasteiger partial charge in [0.25, 0.3) is 5.56 Å². The number of hydrogen-bond acceptors (Lipinski definition) is 1. The molecule has 2 nitrogen and oxygen atoms in total. The molecule has 1 fully saturated rings. The maximum absolute atomic E-state index is 11.9. The monoisotopic (exact) mass is 213 g/mol. The van der Waals surface area contributed by atoms with Crippen molar-refractivity contribution in [1.29, 1.82) is 0 Å². The van der Waals surface area contributed by atoms with Crippen LogP contribution >= 0.6 is 0 Å². The van der Waals surface area contributed by atoms with Gasteiger partial charge in [-0.2, -0.15) is 0 Å². The van der Waals surface area contributed by atoms with E-state index < -0.39 is 0 Å². The molecule has 1 aromatic heterocycles. The third-order valence-electron chi connectivity index (χ3n) is 3.29. The van der Waals surface area contributed by atoms with Crippen molar-refractivity contribution in [2.75, 3.05) is 0 Å². The van der Waals surface area contributed by atoms with Gasteiger partial charge in [0.15, 0.2) is 0 Å². The Hall–Kier alpha value is -1.57. The Bertz CT molecular complexity index is 593. The summed E-state index contributed by atoms with van der Waals surface area (Å²) in [6.07, 6.45) is 2.54. The summed E-state index contributed by atoms with van der Waals surface area (Å²) in [4.78, 5) is 11.9. The van der Waals surface area contributed by atoms with Gasteiger partial charge in [-0.15, -0.1) is 0 Å². The second-order valence-corrected chi connectivity index (χ2v) is 4.79. The van der Waals surface area contributed by atoms with E-state index in [1.807, 2.05) is 10.6 Å². The molecule has 0 radical (unpaired) electrons. The Morgan fingerprint density at radius 1 is 1.25 bits per heavy atom. The van der Waals surface area contributed by atoms with Crippen LogP contribution in [0.15, 0.2) is 35.1 Å². The molecule has 16 heavy (non-hydrogen) atoms. The number of aryl methyl sites for hydroxylation is 1. The molecule has 0 unspecified atom stereocenters. The molecule has 82 valence electrons.